The van der Waals surface area contributed by atoms with Gasteiger partial charge in [-0.2, -0.15) is 0 Å². The Morgan fingerprint density at radius 2 is 2.29 bits per heavy atom. The maximum atomic E-state index is 6.29. The van der Waals surface area contributed by atoms with Crippen LogP contribution in [0.15, 0.2) is 36.9 Å². The molecule has 1 saturated carbocycles. The number of aryl methyl sites for hydroxylation is 1. The number of benzene rings is 1. The van der Waals surface area contributed by atoms with Crippen molar-refractivity contribution in [2.24, 2.45) is 0 Å². The summed E-state index contributed by atoms with van der Waals surface area (Å²) < 4.78 is 7.96. The number of aromatic nitrogens is 2. The van der Waals surface area contributed by atoms with E-state index in [1.807, 2.05) is 30.7 Å². The first-order chi connectivity index (χ1) is 10.3. The van der Waals surface area contributed by atoms with E-state index in [0.717, 1.165) is 35.8 Å². The lowest BCUT2D eigenvalue weighted by Gasteiger charge is -2.13. The fourth-order valence-corrected chi connectivity index (χ4v) is 2.46. The summed E-state index contributed by atoms with van der Waals surface area (Å²) in [4.78, 5) is 4.03. The Hall–Kier alpha value is -1.52. The third-order valence-electron chi connectivity index (χ3n) is 3.60. The monoisotopic (exact) mass is 305 g/mol. The molecule has 0 aliphatic heterocycles. The van der Waals surface area contributed by atoms with Gasteiger partial charge in [0.1, 0.15) is 5.75 Å². The summed E-state index contributed by atoms with van der Waals surface area (Å²) in [5.41, 5.74) is 1.06. The second-order valence-electron chi connectivity index (χ2n) is 5.37. The minimum atomic E-state index is 0.662. The van der Waals surface area contributed by atoms with Crippen molar-refractivity contribution in [2.75, 3.05) is 6.61 Å². The number of nitrogens with one attached hydrogen (secondary N) is 1. The second kappa shape index (κ2) is 6.96. The van der Waals surface area contributed by atoms with Gasteiger partial charge in [0.05, 0.1) is 12.9 Å². The third-order valence-corrected chi connectivity index (χ3v) is 3.95. The topological polar surface area (TPSA) is 39.1 Å². The van der Waals surface area contributed by atoms with Crippen molar-refractivity contribution < 1.29 is 4.74 Å². The van der Waals surface area contributed by atoms with Gasteiger partial charge in [-0.25, -0.2) is 4.98 Å². The van der Waals surface area contributed by atoms with Crippen LogP contribution in [0, 0.1) is 0 Å². The van der Waals surface area contributed by atoms with Crippen molar-refractivity contribution in [1.29, 1.82) is 0 Å². The fraction of sp³-hybridized carbons (Fsp3) is 0.438. The highest BCUT2D eigenvalue weighted by molar-refractivity contribution is 6.31. The Balaban J connectivity index is 1.52. The average molecular weight is 306 g/mol. The predicted molar refractivity (Wildman–Crippen MR) is 83.7 cm³/mol. The molecule has 112 valence electrons. The van der Waals surface area contributed by atoms with Gasteiger partial charge >= 0.3 is 0 Å². The van der Waals surface area contributed by atoms with Crippen molar-refractivity contribution in [3.63, 3.8) is 0 Å². The molecule has 0 atom stereocenters. The Bertz CT molecular complexity index is 567. The molecule has 1 aliphatic rings. The zero-order valence-corrected chi connectivity index (χ0v) is 12.7. The largest absolute Gasteiger partial charge is 0.493 e. The first-order valence-electron chi connectivity index (χ1n) is 7.42. The third kappa shape index (κ3) is 4.22. The number of hydrogen-bond donors (Lipinski definition) is 1. The summed E-state index contributed by atoms with van der Waals surface area (Å²) in [7, 11) is 0. The van der Waals surface area contributed by atoms with Crippen molar-refractivity contribution in [1.82, 2.24) is 14.9 Å². The number of rotatable bonds is 8. The predicted octanol–water partition coefficient (Wildman–Crippen LogP) is 3.26. The molecule has 2 aromatic rings. The van der Waals surface area contributed by atoms with Gasteiger partial charge in [0.2, 0.25) is 0 Å². The first kappa shape index (κ1) is 14.4. The van der Waals surface area contributed by atoms with Crippen LogP contribution in [0.1, 0.15) is 24.8 Å². The fourth-order valence-electron chi connectivity index (χ4n) is 2.23. The molecule has 0 unspecified atom stereocenters. The van der Waals surface area contributed by atoms with Gasteiger partial charge in [-0.3, -0.25) is 0 Å². The minimum absolute atomic E-state index is 0.662. The summed E-state index contributed by atoms with van der Waals surface area (Å²) in [5.74, 6) is 0.890. The van der Waals surface area contributed by atoms with Crippen LogP contribution < -0.4 is 10.1 Å². The van der Waals surface area contributed by atoms with E-state index in [2.05, 4.69) is 14.9 Å². The summed E-state index contributed by atoms with van der Waals surface area (Å²) in [6.45, 7) is 2.37. The van der Waals surface area contributed by atoms with E-state index in [-0.39, 0.29) is 0 Å². The lowest BCUT2D eigenvalue weighted by Crippen LogP contribution is -2.16. The van der Waals surface area contributed by atoms with Crippen LogP contribution >= 0.6 is 11.6 Å². The van der Waals surface area contributed by atoms with Gasteiger partial charge in [0, 0.05) is 42.1 Å². The number of nitrogens with zero attached hydrogens (tertiary/aromatic N) is 2. The molecule has 0 spiro atoms. The van der Waals surface area contributed by atoms with E-state index >= 15 is 0 Å². The van der Waals surface area contributed by atoms with Gasteiger partial charge in [-0.1, -0.05) is 17.7 Å². The van der Waals surface area contributed by atoms with Crippen LogP contribution in [0.3, 0.4) is 0 Å². The van der Waals surface area contributed by atoms with Crippen molar-refractivity contribution >= 4 is 11.6 Å². The van der Waals surface area contributed by atoms with Crippen LogP contribution in [-0.4, -0.2) is 22.2 Å². The zero-order chi connectivity index (χ0) is 14.5. The highest BCUT2D eigenvalue weighted by Crippen LogP contribution is 2.28. The molecular weight excluding hydrogens is 286 g/mol. The standard InChI is InChI=1S/C16H20ClN3O/c17-15-3-1-4-16(14(15)11-19-13-5-6-13)21-10-2-8-20-9-7-18-12-20/h1,3-4,7,9,12-13,19H,2,5-6,8,10-11H2. The Kier molecular flexibility index (Phi) is 4.78. The highest BCUT2D eigenvalue weighted by Gasteiger charge is 2.21. The molecule has 1 aromatic heterocycles. The van der Waals surface area contributed by atoms with Gasteiger partial charge in [-0.15, -0.1) is 0 Å². The molecule has 1 fully saturated rings. The van der Waals surface area contributed by atoms with Gasteiger partial charge in [0.15, 0.2) is 0 Å². The quantitative estimate of drug-likeness (QED) is 0.761. The number of ether oxygens (including phenoxy) is 1. The summed E-state index contributed by atoms with van der Waals surface area (Å²) in [6, 6.07) is 6.51. The molecule has 1 aliphatic carbocycles. The molecule has 3 rings (SSSR count). The molecule has 5 heteroatoms. The number of hydrogen-bond acceptors (Lipinski definition) is 3. The number of halogens is 1. The van der Waals surface area contributed by atoms with Crippen molar-refractivity contribution in [3.8, 4) is 5.75 Å². The molecular formula is C16H20ClN3O. The first-order valence-corrected chi connectivity index (χ1v) is 7.80. The van der Waals surface area contributed by atoms with E-state index in [4.69, 9.17) is 16.3 Å². The Labute approximate surface area is 130 Å². The van der Waals surface area contributed by atoms with Crippen LogP contribution in [-0.2, 0) is 13.1 Å². The Morgan fingerprint density at radius 3 is 3.05 bits per heavy atom. The van der Waals surface area contributed by atoms with E-state index < -0.39 is 0 Å². The maximum absolute atomic E-state index is 6.29. The molecule has 4 nitrogen and oxygen atoms in total. The maximum Gasteiger partial charge on any atom is 0.125 e. The molecule has 0 bridgehead atoms. The van der Waals surface area contributed by atoms with E-state index in [1.165, 1.54) is 12.8 Å². The molecule has 1 N–H and O–H groups in total. The highest BCUT2D eigenvalue weighted by atomic mass is 35.5. The number of imidazole rings is 1. The smallest absolute Gasteiger partial charge is 0.125 e. The van der Waals surface area contributed by atoms with Gasteiger partial charge < -0.3 is 14.6 Å². The minimum Gasteiger partial charge on any atom is -0.493 e. The molecule has 0 amide bonds. The molecule has 0 saturated heterocycles. The Morgan fingerprint density at radius 1 is 1.38 bits per heavy atom. The molecule has 21 heavy (non-hydrogen) atoms. The molecule has 1 heterocycles. The summed E-state index contributed by atoms with van der Waals surface area (Å²) in [5, 5.41) is 4.26. The molecule has 1 aromatic carbocycles. The summed E-state index contributed by atoms with van der Waals surface area (Å²) >= 11 is 6.29. The van der Waals surface area contributed by atoms with E-state index in [1.54, 1.807) is 6.20 Å². The lowest BCUT2D eigenvalue weighted by atomic mass is 10.2. The lowest BCUT2D eigenvalue weighted by molar-refractivity contribution is 0.298. The van der Waals surface area contributed by atoms with Crippen LogP contribution in [0.4, 0.5) is 0 Å². The van der Waals surface area contributed by atoms with Gasteiger partial charge in [-0.05, 0) is 31.4 Å². The second-order valence-corrected chi connectivity index (χ2v) is 5.78. The summed E-state index contributed by atoms with van der Waals surface area (Å²) in [6.07, 6.45) is 9.06. The van der Waals surface area contributed by atoms with Crippen molar-refractivity contribution in [3.05, 3.63) is 47.5 Å². The van der Waals surface area contributed by atoms with Crippen LogP contribution in [0.25, 0.3) is 0 Å². The van der Waals surface area contributed by atoms with Crippen molar-refractivity contribution in [2.45, 2.75) is 38.4 Å². The zero-order valence-electron chi connectivity index (χ0n) is 12.0. The average Bonchev–Trinajstić information content (AvgIpc) is 3.17. The van der Waals surface area contributed by atoms with E-state index in [9.17, 15) is 0 Å². The van der Waals surface area contributed by atoms with Crippen LogP contribution in [0.5, 0.6) is 5.75 Å². The van der Waals surface area contributed by atoms with Gasteiger partial charge in [0.25, 0.3) is 0 Å². The molecule has 0 radical (unpaired) electrons. The SMILES string of the molecule is Clc1cccc(OCCCn2ccnc2)c1CNC1CC1. The van der Waals surface area contributed by atoms with E-state index in [0.29, 0.717) is 12.6 Å². The van der Waals surface area contributed by atoms with Crippen LogP contribution in [0.2, 0.25) is 5.02 Å². The normalized spacial score (nSPS) is 14.3.